The zero-order valence-corrected chi connectivity index (χ0v) is 10.5. The minimum Gasteiger partial charge on any atom is -0.380 e. The van der Waals surface area contributed by atoms with Crippen molar-refractivity contribution in [2.45, 2.75) is 12.0 Å². The summed E-state index contributed by atoms with van der Waals surface area (Å²) >= 11 is 0. The summed E-state index contributed by atoms with van der Waals surface area (Å²) in [5.74, 6) is 0. The van der Waals surface area contributed by atoms with Gasteiger partial charge in [0.05, 0.1) is 12.5 Å². The Morgan fingerprint density at radius 2 is 1.58 bits per heavy atom. The summed E-state index contributed by atoms with van der Waals surface area (Å²) in [4.78, 5) is 0. The third-order valence-corrected chi connectivity index (χ3v) is 2.97. The molecule has 2 nitrogen and oxygen atoms in total. The molecule has 0 saturated heterocycles. The first-order valence-electron chi connectivity index (χ1n) is 6.14. The van der Waals surface area contributed by atoms with Crippen molar-refractivity contribution in [1.29, 1.82) is 5.26 Å². The van der Waals surface area contributed by atoms with Crippen molar-refractivity contribution in [1.82, 2.24) is 0 Å². The van der Waals surface area contributed by atoms with Crippen LogP contribution in [0.2, 0.25) is 0 Å². The SMILES string of the molecule is N#CCC(O)(/C=C/c1ccccc1)c1ccccc1. The first kappa shape index (κ1) is 13.1. The molecular formula is C17H15NO. The second-order valence-corrected chi connectivity index (χ2v) is 4.37. The highest BCUT2D eigenvalue weighted by molar-refractivity contribution is 5.51. The van der Waals surface area contributed by atoms with Gasteiger partial charge in [-0.05, 0) is 17.2 Å². The summed E-state index contributed by atoms with van der Waals surface area (Å²) in [6.45, 7) is 0. The molecule has 1 unspecified atom stereocenters. The smallest absolute Gasteiger partial charge is 0.121 e. The lowest BCUT2D eigenvalue weighted by molar-refractivity contribution is 0.0956. The minimum absolute atomic E-state index is 0.0281. The molecule has 0 saturated carbocycles. The molecular weight excluding hydrogens is 234 g/mol. The lowest BCUT2D eigenvalue weighted by Gasteiger charge is -2.22. The summed E-state index contributed by atoms with van der Waals surface area (Å²) in [5, 5.41) is 19.6. The molecule has 0 aliphatic carbocycles. The highest BCUT2D eigenvalue weighted by Gasteiger charge is 2.25. The fourth-order valence-electron chi connectivity index (χ4n) is 1.90. The molecule has 2 rings (SSSR count). The summed E-state index contributed by atoms with van der Waals surface area (Å²) in [7, 11) is 0. The van der Waals surface area contributed by atoms with E-state index >= 15 is 0 Å². The van der Waals surface area contributed by atoms with Crippen LogP contribution in [0.5, 0.6) is 0 Å². The number of nitrogens with zero attached hydrogens (tertiary/aromatic N) is 1. The molecule has 2 heteroatoms. The topological polar surface area (TPSA) is 44.0 Å². The summed E-state index contributed by atoms with van der Waals surface area (Å²) in [6.07, 6.45) is 3.55. The van der Waals surface area contributed by atoms with Crippen molar-refractivity contribution in [3.8, 4) is 6.07 Å². The second-order valence-electron chi connectivity index (χ2n) is 4.37. The van der Waals surface area contributed by atoms with Crippen LogP contribution in [-0.2, 0) is 5.60 Å². The Labute approximate surface area is 113 Å². The van der Waals surface area contributed by atoms with Gasteiger partial charge in [-0.3, -0.25) is 0 Å². The molecule has 1 N–H and O–H groups in total. The van der Waals surface area contributed by atoms with E-state index in [1.54, 1.807) is 6.08 Å². The Morgan fingerprint density at radius 1 is 1.00 bits per heavy atom. The van der Waals surface area contributed by atoms with E-state index in [0.29, 0.717) is 0 Å². The van der Waals surface area contributed by atoms with E-state index in [0.717, 1.165) is 11.1 Å². The molecule has 0 aliphatic heterocycles. The second kappa shape index (κ2) is 5.99. The van der Waals surface area contributed by atoms with Gasteiger partial charge in [0, 0.05) is 0 Å². The normalized spacial score (nSPS) is 13.9. The molecule has 0 fully saturated rings. The molecule has 19 heavy (non-hydrogen) atoms. The number of hydrogen-bond acceptors (Lipinski definition) is 2. The predicted molar refractivity (Wildman–Crippen MR) is 76.0 cm³/mol. The summed E-state index contributed by atoms with van der Waals surface area (Å²) in [5.41, 5.74) is 0.477. The first-order chi connectivity index (χ1) is 9.24. The van der Waals surface area contributed by atoms with Crippen molar-refractivity contribution in [2.24, 2.45) is 0 Å². The lowest BCUT2D eigenvalue weighted by atomic mass is 9.90. The van der Waals surface area contributed by atoms with Gasteiger partial charge < -0.3 is 5.11 Å². The molecule has 0 aliphatic rings. The largest absolute Gasteiger partial charge is 0.380 e. The standard InChI is InChI=1S/C17H15NO/c18-14-13-17(19,16-9-5-2-6-10-16)12-11-15-7-3-1-4-8-15/h1-12,19H,13H2/b12-11+. The molecule has 0 bridgehead atoms. The van der Waals surface area contributed by atoms with Gasteiger partial charge in [-0.2, -0.15) is 5.26 Å². The maximum atomic E-state index is 10.6. The van der Waals surface area contributed by atoms with Crippen LogP contribution >= 0.6 is 0 Å². The minimum atomic E-state index is -1.24. The lowest BCUT2D eigenvalue weighted by Crippen LogP contribution is -2.21. The van der Waals surface area contributed by atoms with E-state index in [9.17, 15) is 5.11 Å². The fraction of sp³-hybridized carbons (Fsp3) is 0.118. The van der Waals surface area contributed by atoms with E-state index in [4.69, 9.17) is 5.26 Å². The maximum absolute atomic E-state index is 10.6. The van der Waals surface area contributed by atoms with E-state index in [2.05, 4.69) is 0 Å². The van der Waals surface area contributed by atoms with Crippen molar-refractivity contribution >= 4 is 6.08 Å². The van der Waals surface area contributed by atoms with E-state index < -0.39 is 5.60 Å². The Kier molecular flexibility index (Phi) is 4.12. The van der Waals surface area contributed by atoms with Crippen LogP contribution in [0.15, 0.2) is 66.7 Å². The Morgan fingerprint density at radius 3 is 2.16 bits per heavy atom. The van der Waals surface area contributed by atoms with Crippen LogP contribution in [0.1, 0.15) is 17.5 Å². The molecule has 0 spiro atoms. The number of rotatable bonds is 4. The highest BCUT2D eigenvalue weighted by Crippen LogP contribution is 2.27. The van der Waals surface area contributed by atoms with Crippen LogP contribution in [0, 0.1) is 11.3 Å². The average Bonchev–Trinajstić information content (AvgIpc) is 2.48. The molecule has 2 aromatic carbocycles. The van der Waals surface area contributed by atoms with Crippen molar-refractivity contribution in [3.05, 3.63) is 77.9 Å². The molecule has 2 aromatic rings. The van der Waals surface area contributed by atoms with Gasteiger partial charge >= 0.3 is 0 Å². The zero-order valence-electron chi connectivity index (χ0n) is 10.5. The predicted octanol–water partition coefficient (Wildman–Crippen LogP) is 3.50. The summed E-state index contributed by atoms with van der Waals surface area (Å²) in [6, 6.07) is 21.0. The zero-order chi connectivity index (χ0) is 13.6. The van der Waals surface area contributed by atoms with Crippen LogP contribution in [0.4, 0.5) is 0 Å². The Hall–Kier alpha value is -2.37. The molecule has 0 heterocycles. The molecule has 1 atom stereocenters. The first-order valence-corrected chi connectivity index (χ1v) is 6.14. The third-order valence-electron chi connectivity index (χ3n) is 2.97. The van der Waals surface area contributed by atoms with Gasteiger partial charge in [0.25, 0.3) is 0 Å². The van der Waals surface area contributed by atoms with Crippen molar-refractivity contribution in [3.63, 3.8) is 0 Å². The third kappa shape index (κ3) is 3.31. The maximum Gasteiger partial charge on any atom is 0.121 e. The quantitative estimate of drug-likeness (QED) is 0.901. The average molecular weight is 249 g/mol. The number of hydrogen-bond donors (Lipinski definition) is 1. The van der Waals surface area contributed by atoms with Crippen molar-refractivity contribution in [2.75, 3.05) is 0 Å². The Balaban J connectivity index is 2.31. The molecule has 0 radical (unpaired) electrons. The number of nitriles is 1. The van der Waals surface area contributed by atoms with Gasteiger partial charge in [0.2, 0.25) is 0 Å². The van der Waals surface area contributed by atoms with Gasteiger partial charge in [0.15, 0.2) is 0 Å². The number of aliphatic hydroxyl groups is 1. The van der Waals surface area contributed by atoms with Crippen LogP contribution in [0.3, 0.4) is 0 Å². The summed E-state index contributed by atoms with van der Waals surface area (Å²) < 4.78 is 0. The van der Waals surface area contributed by atoms with Gasteiger partial charge in [-0.15, -0.1) is 0 Å². The highest BCUT2D eigenvalue weighted by atomic mass is 16.3. The van der Waals surface area contributed by atoms with E-state index in [-0.39, 0.29) is 6.42 Å². The van der Waals surface area contributed by atoms with E-state index in [1.807, 2.05) is 72.8 Å². The van der Waals surface area contributed by atoms with Gasteiger partial charge in [-0.1, -0.05) is 66.7 Å². The van der Waals surface area contributed by atoms with Gasteiger partial charge in [0.1, 0.15) is 5.60 Å². The molecule has 0 amide bonds. The fourth-order valence-corrected chi connectivity index (χ4v) is 1.90. The van der Waals surface area contributed by atoms with Gasteiger partial charge in [-0.25, -0.2) is 0 Å². The van der Waals surface area contributed by atoms with Crippen LogP contribution < -0.4 is 0 Å². The number of benzene rings is 2. The van der Waals surface area contributed by atoms with Crippen LogP contribution in [0.25, 0.3) is 6.08 Å². The Bertz CT molecular complexity index is 584. The molecule has 0 aromatic heterocycles. The van der Waals surface area contributed by atoms with Crippen molar-refractivity contribution < 1.29 is 5.11 Å². The monoisotopic (exact) mass is 249 g/mol. The molecule has 94 valence electrons. The van der Waals surface area contributed by atoms with E-state index in [1.165, 1.54) is 0 Å². The van der Waals surface area contributed by atoms with Crippen LogP contribution in [-0.4, -0.2) is 5.11 Å².